The van der Waals surface area contributed by atoms with Crippen LogP contribution in [0.3, 0.4) is 0 Å². The summed E-state index contributed by atoms with van der Waals surface area (Å²) in [7, 11) is 1.52. The van der Waals surface area contributed by atoms with Crippen molar-refractivity contribution in [3.63, 3.8) is 0 Å². The Hall–Kier alpha value is -4.47. The highest BCUT2D eigenvalue weighted by Gasteiger charge is 2.42. The molecule has 3 aromatic carbocycles. The number of halogens is 3. The molecule has 1 atom stereocenters. The molecule has 1 unspecified atom stereocenters. The van der Waals surface area contributed by atoms with Crippen LogP contribution < -0.4 is 14.2 Å². The highest BCUT2D eigenvalue weighted by Crippen LogP contribution is 2.38. The molecular formula is C31H28F3NO6. The van der Waals surface area contributed by atoms with Crippen molar-refractivity contribution >= 4 is 22.7 Å². The standard InChI is InChI=1S/C31H28F3NO6/c1-4-30(29(37)38)14-13-20-6-5-19(15-26(20)41-30)17-35-18(2)27(28(36)21-7-9-22(39-3)10-8-21)24-12-11-23(16-25(24)35)40-31(32,33)34/h5-12,15-16H,4,13-14,17H2,1-3H3,(H,37,38). The van der Waals surface area contributed by atoms with Gasteiger partial charge >= 0.3 is 12.3 Å². The zero-order valence-corrected chi connectivity index (χ0v) is 22.7. The van der Waals surface area contributed by atoms with Gasteiger partial charge in [-0.25, -0.2) is 4.79 Å². The molecule has 0 amide bonds. The number of carbonyl (C=O) groups is 2. The van der Waals surface area contributed by atoms with E-state index < -0.39 is 23.7 Å². The van der Waals surface area contributed by atoms with E-state index in [9.17, 15) is 27.9 Å². The molecule has 2 heterocycles. The number of fused-ring (bicyclic) bond motifs is 2. The number of nitrogens with zero attached hydrogens (tertiary/aromatic N) is 1. The number of carboxylic acid groups (broad SMARTS) is 1. The van der Waals surface area contributed by atoms with Gasteiger partial charge in [-0.2, -0.15) is 0 Å². The Morgan fingerprint density at radius 2 is 1.76 bits per heavy atom. The van der Waals surface area contributed by atoms with Crippen LogP contribution in [0.2, 0.25) is 0 Å². The quantitative estimate of drug-likeness (QED) is 0.239. The predicted molar refractivity (Wildman–Crippen MR) is 145 cm³/mol. The lowest BCUT2D eigenvalue weighted by Crippen LogP contribution is -2.46. The minimum Gasteiger partial charge on any atom is -0.497 e. The Morgan fingerprint density at radius 1 is 1.05 bits per heavy atom. The van der Waals surface area contributed by atoms with E-state index in [1.54, 1.807) is 48.7 Å². The molecule has 4 aromatic rings. The Bertz CT molecular complexity index is 1640. The molecule has 1 N–H and O–H groups in total. The zero-order valence-electron chi connectivity index (χ0n) is 22.7. The molecular weight excluding hydrogens is 539 g/mol. The van der Waals surface area contributed by atoms with E-state index in [0.717, 1.165) is 11.1 Å². The average Bonchev–Trinajstić information content (AvgIpc) is 3.21. The van der Waals surface area contributed by atoms with E-state index in [1.165, 1.54) is 25.3 Å². The largest absolute Gasteiger partial charge is 0.573 e. The zero-order chi connectivity index (χ0) is 29.5. The van der Waals surface area contributed by atoms with Gasteiger partial charge < -0.3 is 23.9 Å². The van der Waals surface area contributed by atoms with Crippen LogP contribution in [0.25, 0.3) is 10.9 Å². The summed E-state index contributed by atoms with van der Waals surface area (Å²) in [6.45, 7) is 3.69. The number of ketones is 1. The monoisotopic (exact) mass is 567 g/mol. The number of aliphatic carboxylic acids is 1. The van der Waals surface area contributed by atoms with Crippen LogP contribution in [0.1, 0.15) is 52.5 Å². The van der Waals surface area contributed by atoms with Crippen molar-refractivity contribution in [3.05, 3.63) is 88.6 Å². The lowest BCUT2D eigenvalue weighted by atomic mass is 9.88. The lowest BCUT2D eigenvalue weighted by Gasteiger charge is -2.34. The molecule has 41 heavy (non-hydrogen) atoms. The van der Waals surface area contributed by atoms with Crippen LogP contribution in [0.15, 0.2) is 60.7 Å². The third-order valence-electron chi connectivity index (χ3n) is 7.65. The number of carboxylic acids is 1. The fourth-order valence-corrected chi connectivity index (χ4v) is 5.36. The molecule has 214 valence electrons. The van der Waals surface area contributed by atoms with E-state index in [-0.39, 0.29) is 12.3 Å². The van der Waals surface area contributed by atoms with Crippen molar-refractivity contribution in [2.45, 2.75) is 51.6 Å². The fourth-order valence-electron chi connectivity index (χ4n) is 5.36. The van der Waals surface area contributed by atoms with Crippen LogP contribution in [0.5, 0.6) is 17.2 Å². The average molecular weight is 568 g/mol. The van der Waals surface area contributed by atoms with Crippen LogP contribution in [-0.2, 0) is 17.8 Å². The van der Waals surface area contributed by atoms with Gasteiger partial charge in [0.25, 0.3) is 0 Å². The number of alkyl halides is 3. The number of ether oxygens (including phenoxy) is 3. The molecule has 0 saturated heterocycles. The predicted octanol–water partition coefficient (Wildman–Crippen LogP) is 6.69. The first-order chi connectivity index (χ1) is 19.4. The Morgan fingerprint density at radius 3 is 2.39 bits per heavy atom. The third kappa shape index (κ3) is 5.33. The number of hydrogen-bond donors (Lipinski definition) is 1. The van der Waals surface area contributed by atoms with Crippen molar-refractivity contribution < 1.29 is 42.1 Å². The van der Waals surface area contributed by atoms with E-state index in [1.807, 2.05) is 12.1 Å². The highest BCUT2D eigenvalue weighted by atomic mass is 19.4. The molecule has 5 rings (SSSR count). The number of hydrogen-bond acceptors (Lipinski definition) is 5. The van der Waals surface area contributed by atoms with Gasteiger partial charge in [0.05, 0.1) is 18.2 Å². The molecule has 1 aliphatic heterocycles. The van der Waals surface area contributed by atoms with Gasteiger partial charge in [0, 0.05) is 35.7 Å². The van der Waals surface area contributed by atoms with Gasteiger partial charge in [-0.05, 0) is 73.4 Å². The Kier molecular flexibility index (Phi) is 7.19. The maximum atomic E-state index is 13.7. The second kappa shape index (κ2) is 10.5. The fraction of sp³-hybridized carbons (Fsp3) is 0.290. The topological polar surface area (TPSA) is 87.0 Å². The SMILES string of the molecule is CCC1(C(=O)O)CCc2ccc(Cn3c(C)c(C(=O)c4ccc(OC)cc4)c4ccc(OC(F)(F)F)cc43)cc2O1. The molecule has 7 nitrogen and oxygen atoms in total. The molecule has 1 aromatic heterocycles. The van der Waals surface area contributed by atoms with E-state index in [4.69, 9.17) is 9.47 Å². The summed E-state index contributed by atoms with van der Waals surface area (Å²) in [6, 6.07) is 16.0. The van der Waals surface area contributed by atoms with Gasteiger partial charge in [0.2, 0.25) is 5.60 Å². The summed E-state index contributed by atoms with van der Waals surface area (Å²) < 4.78 is 56.3. The molecule has 0 fully saturated rings. The smallest absolute Gasteiger partial charge is 0.497 e. The summed E-state index contributed by atoms with van der Waals surface area (Å²) in [6.07, 6.45) is -3.69. The maximum Gasteiger partial charge on any atom is 0.573 e. The lowest BCUT2D eigenvalue weighted by molar-refractivity contribution is -0.274. The first-order valence-corrected chi connectivity index (χ1v) is 13.1. The van der Waals surface area contributed by atoms with Crippen molar-refractivity contribution in [3.8, 4) is 17.2 Å². The van der Waals surface area contributed by atoms with Gasteiger partial charge in [-0.1, -0.05) is 19.1 Å². The second-order valence-electron chi connectivity index (χ2n) is 10.0. The van der Waals surface area contributed by atoms with Crippen LogP contribution in [0, 0.1) is 6.92 Å². The Labute approximate surface area is 234 Å². The number of methoxy groups -OCH3 is 1. The maximum absolute atomic E-state index is 13.7. The summed E-state index contributed by atoms with van der Waals surface area (Å²) in [5.74, 6) is -0.680. The van der Waals surface area contributed by atoms with Crippen LogP contribution in [-0.4, -0.2) is 40.5 Å². The van der Waals surface area contributed by atoms with Gasteiger partial charge in [-0.3, -0.25) is 4.79 Å². The van der Waals surface area contributed by atoms with Crippen molar-refractivity contribution in [2.24, 2.45) is 0 Å². The first kappa shape index (κ1) is 28.1. The number of aromatic nitrogens is 1. The first-order valence-electron chi connectivity index (χ1n) is 13.1. The van der Waals surface area contributed by atoms with E-state index in [0.29, 0.717) is 58.5 Å². The molecule has 0 bridgehead atoms. The van der Waals surface area contributed by atoms with Gasteiger partial charge in [-0.15, -0.1) is 13.2 Å². The summed E-state index contributed by atoms with van der Waals surface area (Å²) in [4.78, 5) is 25.7. The molecule has 0 radical (unpaired) electrons. The molecule has 0 spiro atoms. The van der Waals surface area contributed by atoms with Gasteiger partial charge in [0.15, 0.2) is 5.78 Å². The number of aryl methyl sites for hydroxylation is 1. The highest BCUT2D eigenvalue weighted by molar-refractivity contribution is 6.17. The number of benzene rings is 3. The minimum atomic E-state index is -4.88. The minimum absolute atomic E-state index is 0.191. The van der Waals surface area contributed by atoms with E-state index in [2.05, 4.69) is 4.74 Å². The molecule has 0 aliphatic carbocycles. The summed E-state index contributed by atoms with van der Waals surface area (Å²) in [5, 5.41) is 10.3. The Balaban J connectivity index is 1.59. The molecule has 10 heteroatoms. The summed E-state index contributed by atoms with van der Waals surface area (Å²) >= 11 is 0. The number of carbonyl (C=O) groups excluding carboxylic acids is 1. The molecule has 1 aliphatic rings. The normalized spacial score (nSPS) is 16.6. The van der Waals surface area contributed by atoms with Crippen molar-refractivity contribution in [1.29, 1.82) is 0 Å². The summed E-state index contributed by atoms with van der Waals surface area (Å²) in [5.41, 5.74) is 1.98. The molecule has 0 saturated carbocycles. The third-order valence-corrected chi connectivity index (χ3v) is 7.65. The van der Waals surface area contributed by atoms with Crippen LogP contribution >= 0.6 is 0 Å². The van der Waals surface area contributed by atoms with E-state index >= 15 is 0 Å². The van der Waals surface area contributed by atoms with Crippen molar-refractivity contribution in [1.82, 2.24) is 4.57 Å². The van der Waals surface area contributed by atoms with Crippen molar-refractivity contribution in [2.75, 3.05) is 7.11 Å². The van der Waals surface area contributed by atoms with Crippen LogP contribution in [0.4, 0.5) is 13.2 Å². The van der Waals surface area contributed by atoms with Gasteiger partial charge in [0.1, 0.15) is 17.2 Å². The number of rotatable bonds is 8. The second-order valence-corrected chi connectivity index (χ2v) is 10.0.